The Labute approximate surface area is 114 Å². The zero-order chi connectivity index (χ0) is 14.5. The maximum absolute atomic E-state index is 11.0. The molecule has 7 nitrogen and oxygen atoms in total. The number of carboxylic acids is 1. The van der Waals surface area contributed by atoms with Crippen molar-refractivity contribution in [3.63, 3.8) is 0 Å². The van der Waals surface area contributed by atoms with Gasteiger partial charge >= 0.3 is 5.97 Å². The minimum absolute atomic E-state index is 0.0739. The minimum atomic E-state index is -0.922. The number of methoxy groups -OCH3 is 1. The fourth-order valence-electron chi connectivity index (χ4n) is 1.91. The van der Waals surface area contributed by atoms with Crippen LogP contribution >= 0.6 is 0 Å². The Morgan fingerprint density at radius 1 is 1.50 bits per heavy atom. The third kappa shape index (κ3) is 3.47. The molecule has 0 fully saturated rings. The quantitative estimate of drug-likeness (QED) is 0.826. The fraction of sp³-hybridized carbons (Fsp3) is 0.308. The van der Waals surface area contributed by atoms with E-state index in [0.717, 1.165) is 5.56 Å². The second-order valence-electron chi connectivity index (χ2n) is 4.28. The first-order valence-corrected chi connectivity index (χ1v) is 5.94. The summed E-state index contributed by atoms with van der Waals surface area (Å²) in [5.74, 6) is -0.584. The van der Waals surface area contributed by atoms with E-state index >= 15 is 0 Å². The van der Waals surface area contributed by atoms with Crippen molar-refractivity contribution >= 4 is 5.97 Å². The Kier molecular flexibility index (Phi) is 4.19. The third-order valence-corrected chi connectivity index (χ3v) is 2.85. The lowest BCUT2D eigenvalue weighted by Crippen LogP contribution is -2.09. The molecule has 0 saturated carbocycles. The van der Waals surface area contributed by atoms with Crippen molar-refractivity contribution in [2.24, 2.45) is 0 Å². The van der Waals surface area contributed by atoms with Crippen LogP contribution in [0.3, 0.4) is 0 Å². The van der Waals surface area contributed by atoms with E-state index < -0.39 is 5.97 Å². The number of pyridine rings is 1. The first kappa shape index (κ1) is 13.9. The van der Waals surface area contributed by atoms with Gasteiger partial charge in [-0.3, -0.25) is 4.79 Å². The zero-order valence-electron chi connectivity index (χ0n) is 10.8. The van der Waals surface area contributed by atoms with Crippen LogP contribution in [-0.4, -0.2) is 33.4 Å². The highest BCUT2D eigenvalue weighted by Crippen LogP contribution is 2.26. The van der Waals surface area contributed by atoms with Gasteiger partial charge in [-0.05, 0) is 10.7 Å². The number of rotatable bonds is 6. The highest BCUT2D eigenvalue weighted by molar-refractivity contribution is 5.68. The standard InChI is InChI=1S/C13H14N2O5/c1-19-12-3-2-8(7-14-12)9(5-13(17)18)4-10-6-11(16)15-20-10/h2-3,6-7,9H,4-5H2,1H3,(H,15,16)(H,17,18). The smallest absolute Gasteiger partial charge is 0.303 e. The second kappa shape index (κ2) is 6.05. The SMILES string of the molecule is COc1ccc(C(CC(=O)O)Cc2cc(O)no2)cn1. The number of carboxylic acid groups (broad SMARTS) is 1. The second-order valence-corrected chi connectivity index (χ2v) is 4.28. The molecule has 106 valence electrons. The van der Waals surface area contributed by atoms with Gasteiger partial charge in [0.1, 0.15) is 5.76 Å². The average molecular weight is 278 g/mol. The van der Waals surface area contributed by atoms with Crippen molar-refractivity contribution in [2.45, 2.75) is 18.8 Å². The van der Waals surface area contributed by atoms with E-state index in [9.17, 15) is 4.79 Å². The Hall–Kier alpha value is -2.57. The van der Waals surface area contributed by atoms with E-state index in [1.165, 1.54) is 13.2 Å². The molecule has 0 radical (unpaired) electrons. The first-order valence-electron chi connectivity index (χ1n) is 5.94. The van der Waals surface area contributed by atoms with Crippen LogP contribution in [0, 0.1) is 0 Å². The minimum Gasteiger partial charge on any atom is -0.491 e. The van der Waals surface area contributed by atoms with E-state index in [1.54, 1.807) is 18.3 Å². The Morgan fingerprint density at radius 3 is 2.80 bits per heavy atom. The van der Waals surface area contributed by atoms with Crippen LogP contribution in [0.25, 0.3) is 0 Å². The highest BCUT2D eigenvalue weighted by Gasteiger charge is 2.19. The van der Waals surface area contributed by atoms with Gasteiger partial charge in [-0.2, -0.15) is 0 Å². The largest absolute Gasteiger partial charge is 0.491 e. The number of aliphatic carboxylic acids is 1. The summed E-state index contributed by atoms with van der Waals surface area (Å²) in [6.07, 6.45) is 1.81. The predicted octanol–water partition coefficient (Wildman–Crippen LogP) is 1.58. The van der Waals surface area contributed by atoms with E-state index in [4.69, 9.17) is 19.5 Å². The van der Waals surface area contributed by atoms with Crippen LogP contribution in [0.2, 0.25) is 0 Å². The van der Waals surface area contributed by atoms with Gasteiger partial charge in [0, 0.05) is 30.7 Å². The molecule has 20 heavy (non-hydrogen) atoms. The van der Waals surface area contributed by atoms with Crippen molar-refractivity contribution in [1.29, 1.82) is 0 Å². The molecule has 0 aliphatic rings. The normalized spacial score (nSPS) is 12.1. The molecule has 2 rings (SSSR count). The van der Waals surface area contributed by atoms with Crippen LogP contribution in [0.4, 0.5) is 0 Å². The fourth-order valence-corrected chi connectivity index (χ4v) is 1.91. The first-order chi connectivity index (χ1) is 9.58. The molecule has 0 bridgehead atoms. The van der Waals surface area contributed by atoms with Gasteiger partial charge in [0.05, 0.1) is 13.5 Å². The Balaban J connectivity index is 2.19. The molecule has 0 aliphatic carbocycles. The summed E-state index contributed by atoms with van der Waals surface area (Å²) >= 11 is 0. The number of aromatic hydroxyl groups is 1. The van der Waals surface area contributed by atoms with Crippen LogP contribution in [0.5, 0.6) is 11.8 Å². The number of aromatic nitrogens is 2. The van der Waals surface area contributed by atoms with Gasteiger partial charge in [-0.15, -0.1) is 0 Å². The lowest BCUT2D eigenvalue weighted by molar-refractivity contribution is -0.137. The number of nitrogens with zero attached hydrogens (tertiary/aromatic N) is 2. The van der Waals surface area contributed by atoms with Crippen LogP contribution < -0.4 is 4.74 Å². The molecule has 2 aromatic heterocycles. The Morgan fingerprint density at radius 2 is 2.30 bits per heavy atom. The summed E-state index contributed by atoms with van der Waals surface area (Å²) < 4.78 is 9.87. The van der Waals surface area contributed by atoms with Gasteiger partial charge in [-0.25, -0.2) is 4.98 Å². The van der Waals surface area contributed by atoms with Crippen LogP contribution in [0.15, 0.2) is 28.9 Å². The zero-order valence-corrected chi connectivity index (χ0v) is 10.8. The van der Waals surface area contributed by atoms with Crippen LogP contribution in [0.1, 0.15) is 23.7 Å². The summed E-state index contributed by atoms with van der Waals surface area (Å²) in [7, 11) is 1.51. The molecule has 0 amide bonds. The maximum atomic E-state index is 11.0. The van der Waals surface area contributed by atoms with Gasteiger partial charge in [0.25, 0.3) is 5.88 Å². The van der Waals surface area contributed by atoms with Crippen molar-refractivity contribution in [2.75, 3.05) is 7.11 Å². The van der Waals surface area contributed by atoms with Gasteiger partial charge in [0.2, 0.25) is 5.88 Å². The molecule has 2 aromatic rings. The van der Waals surface area contributed by atoms with Crippen molar-refractivity contribution in [3.05, 3.63) is 35.7 Å². The number of carbonyl (C=O) groups is 1. The predicted molar refractivity (Wildman–Crippen MR) is 67.7 cm³/mol. The van der Waals surface area contributed by atoms with Gasteiger partial charge < -0.3 is 19.5 Å². The maximum Gasteiger partial charge on any atom is 0.303 e. The summed E-state index contributed by atoms with van der Waals surface area (Å²) in [5, 5.41) is 21.5. The average Bonchev–Trinajstić information content (AvgIpc) is 2.83. The third-order valence-electron chi connectivity index (χ3n) is 2.85. The molecule has 0 spiro atoms. The number of hydrogen-bond donors (Lipinski definition) is 2. The van der Waals surface area contributed by atoms with E-state index in [0.29, 0.717) is 18.1 Å². The molecule has 0 saturated heterocycles. The van der Waals surface area contributed by atoms with Crippen molar-refractivity contribution in [1.82, 2.24) is 10.1 Å². The Bertz CT molecular complexity index is 579. The molecule has 1 unspecified atom stereocenters. The van der Waals surface area contributed by atoms with Crippen molar-refractivity contribution < 1.29 is 24.3 Å². The molecule has 0 aliphatic heterocycles. The molecule has 0 aromatic carbocycles. The van der Waals surface area contributed by atoms with Gasteiger partial charge in [-0.1, -0.05) is 6.07 Å². The van der Waals surface area contributed by atoms with Gasteiger partial charge in [0.15, 0.2) is 0 Å². The lowest BCUT2D eigenvalue weighted by atomic mass is 9.93. The van der Waals surface area contributed by atoms with E-state index in [1.807, 2.05) is 0 Å². The summed E-state index contributed by atoms with van der Waals surface area (Å²) in [6, 6.07) is 4.80. The molecule has 2 heterocycles. The summed E-state index contributed by atoms with van der Waals surface area (Å²) in [6.45, 7) is 0. The molecule has 2 N–H and O–H groups in total. The molecular weight excluding hydrogens is 264 g/mol. The number of hydrogen-bond acceptors (Lipinski definition) is 6. The number of ether oxygens (including phenoxy) is 1. The van der Waals surface area contributed by atoms with E-state index in [2.05, 4.69) is 10.1 Å². The monoisotopic (exact) mass is 278 g/mol. The highest BCUT2D eigenvalue weighted by atomic mass is 16.5. The summed E-state index contributed by atoms with van der Waals surface area (Å²) in [4.78, 5) is 15.0. The van der Waals surface area contributed by atoms with Crippen molar-refractivity contribution in [3.8, 4) is 11.8 Å². The van der Waals surface area contributed by atoms with E-state index in [-0.39, 0.29) is 18.2 Å². The lowest BCUT2D eigenvalue weighted by Gasteiger charge is -2.13. The summed E-state index contributed by atoms with van der Waals surface area (Å²) in [5.41, 5.74) is 0.754. The van der Waals surface area contributed by atoms with Crippen LogP contribution in [-0.2, 0) is 11.2 Å². The molecular formula is C13H14N2O5. The topological polar surface area (TPSA) is 106 Å². The molecule has 1 atom stereocenters. The molecule has 7 heteroatoms.